The second kappa shape index (κ2) is 6.36. The van der Waals surface area contributed by atoms with Gasteiger partial charge in [-0.25, -0.2) is 13.1 Å². The van der Waals surface area contributed by atoms with Gasteiger partial charge in [-0.15, -0.1) is 6.58 Å². The number of alkyl halides is 3. The zero-order chi connectivity index (χ0) is 13.7. The predicted octanol–water partition coefficient (Wildman–Crippen LogP) is 0.974. The van der Waals surface area contributed by atoms with E-state index in [1.807, 2.05) is 0 Å². The van der Waals surface area contributed by atoms with Crippen LogP contribution in [0.1, 0.15) is 6.92 Å². The maximum atomic E-state index is 12.2. The van der Waals surface area contributed by atoms with Crippen LogP contribution in [0.4, 0.5) is 13.2 Å². The van der Waals surface area contributed by atoms with Crippen molar-refractivity contribution < 1.29 is 21.6 Å². The topological polar surface area (TPSA) is 49.4 Å². The molecule has 0 aliphatic heterocycles. The lowest BCUT2D eigenvalue weighted by Crippen LogP contribution is -2.43. The third-order valence-electron chi connectivity index (χ3n) is 2.06. The Labute approximate surface area is 99.5 Å². The van der Waals surface area contributed by atoms with Gasteiger partial charge in [-0.2, -0.15) is 13.2 Å². The van der Waals surface area contributed by atoms with Gasteiger partial charge in [0.2, 0.25) is 10.0 Å². The van der Waals surface area contributed by atoms with Gasteiger partial charge < -0.3 is 0 Å². The number of nitrogens with zero attached hydrogens (tertiary/aromatic N) is 1. The van der Waals surface area contributed by atoms with Gasteiger partial charge in [0.05, 0.1) is 12.8 Å². The van der Waals surface area contributed by atoms with Crippen molar-refractivity contribution in [3.05, 3.63) is 12.7 Å². The van der Waals surface area contributed by atoms with Crippen molar-refractivity contribution in [3.8, 4) is 0 Å². The first-order chi connectivity index (χ1) is 7.55. The second-order valence-corrected chi connectivity index (χ2v) is 5.56. The summed E-state index contributed by atoms with van der Waals surface area (Å²) in [7, 11) is -3.38. The normalized spacial score (nSPS) is 14.9. The van der Waals surface area contributed by atoms with Crippen LogP contribution in [0.5, 0.6) is 0 Å². The van der Waals surface area contributed by atoms with Crippen LogP contribution >= 0.6 is 0 Å². The van der Waals surface area contributed by atoms with Crippen LogP contribution in [-0.2, 0) is 10.0 Å². The van der Waals surface area contributed by atoms with E-state index < -0.39 is 28.8 Å². The van der Waals surface area contributed by atoms with Gasteiger partial charge in [0.1, 0.15) is 0 Å². The van der Waals surface area contributed by atoms with Crippen LogP contribution in [-0.4, -0.2) is 51.4 Å². The molecule has 0 rings (SSSR count). The summed E-state index contributed by atoms with van der Waals surface area (Å²) < 4.78 is 60.4. The fourth-order valence-electron chi connectivity index (χ4n) is 1.18. The summed E-state index contributed by atoms with van der Waals surface area (Å²) in [5.74, 6) is 0. The Balaban J connectivity index is 4.36. The van der Waals surface area contributed by atoms with Gasteiger partial charge in [0.25, 0.3) is 0 Å². The zero-order valence-electron chi connectivity index (χ0n) is 9.79. The highest BCUT2D eigenvalue weighted by atomic mass is 32.2. The summed E-state index contributed by atoms with van der Waals surface area (Å²) in [6.45, 7) is 3.81. The summed E-state index contributed by atoms with van der Waals surface area (Å²) in [6.07, 6.45) is -1.98. The zero-order valence-corrected chi connectivity index (χ0v) is 10.6. The molecule has 0 spiro atoms. The van der Waals surface area contributed by atoms with Gasteiger partial charge in [-0.3, -0.25) is 4.90 Å². The molecule has 0 aliphatic carbocycles. The fourth-order valence-corrected chi connectivity index (χ4v) is 1.64. The monoisotopic (exact) mass is 274 g/mol. The molecular formula is C9H17F3N2O2S. The van der Waals surface area contributed by atoms with E-state index >= 15 is 0 Å². The maximum Gasteiger partial charge on any atom is 0.401 e. The van der Waals surface area contributed by atoms with E-state index in [2.05, 4.69) is 11.3 Å². The molecule has 102 valence electrons. The fraction of sp³-hybridized carbons (Fsp3) is 0.778. The number of rotatable bonds is 7. The summed E-state index contributed by atoms with van der Waals surface area (Å²) in [5, 5.41) is 0. The largest absolute Gasteiger partial charge is 0.401 e. The quantitative estimate of drug-likeness (QED) is 0.704. The van der Waals surface area contributed by atoms with Crippen molar-refractivity contribution in [1.29, 1.82) is 0 Å². The highest BCUT2D eigenvalue weighted by Crippen LogP contribution is 2.17. The van der Waals surface area contributed by atoms with Crippen LogP contribution in [0, 0.1) is 0 Å². The van der Waals surface area contributed by atoms with E-state index in [1.54, 1.807) is 6.92 Å². The lowest BCUT2D eigenvalue weighted by atomic mass is 10.2. The number of halogens is 3. The molecule has 0 aromatic heterocycles. The van der Waals surface area contributed by atoms with Gasteiger partial charge in [-0.1, -0.05) is 6.08 Å². The van der Waals surface area contributed by atoms with Crippen molar-refractivity contribution in [2.45, 2.75) is 19.1 Å². The Morgan fingerprint density at radius 2 is 2.00 bits per heavy atom. The molecule has 0 heterocycles. The van der Waals surface area contributed by atoms with Gasteiger partial charge in [0, 0.05) is 19.1 Å². The molecule has 1 unspecified atom stereocenters. The van der Waals surface area contributed by atoms with Crippen molar-refractivity contribution in [1.82, 2.24) is 9.62 Å². The second-order valence-electron chi connectivity index (χ2n) is 3.73. The molecule has 17 heavy (non-hydrogen) atoms. The molecule has 0 aromatic carbocycles. The Bertz CT molecular complexity index is 341. The smallest absolute Gasteiger partial charge is 0.287 e. The highest BCUT2D eigenvalue weighted by Gasteiger charge is 2.31. The van der Waals surface area contributed by atoms with Crippen LogP contribution < -0.4 is 4.72 Å². The van der Waals surface area contributed by atoms with E-state index in [9.17, 15) is 21.6 Å². The molecular weight excluding hydrogens is 257 g/mol. The van der Waals surface area contributed by atoms with Crippen LogP contribution in [0.15, 0.2) is 12.7 Å². The van der Waals surface area contributed by atoms with Crippen molar-refractivity contribution in [3.63, 3.8) is 0 Å². The van der Waals surface area contributed by atoms with E-state index in [0.717, 1.165) is 11.2 Å². The molecule has 0 radical (unpaired) electrons. The molecule has 1 atom stereocenters. The van der Waals surface area contributed by atoms with Crippen LogP contribution in [0.2, 0.25) is 0 Å². The number of hydrogen-bond acceptors (Lipinski definition) is 3. The van der Waals surface area contributed by atoms with Crippen LogP contribution in [0.25, 0.3) is 0 Å². The number of hydrogen-bond donors (Lipinski definition) is 1. The Morgan fingerprint density at radius 3 is 2.35 bits per heavy atom. The predicted molar refractivity (Wildman–Crippen MR) is 60.1 cm³/mol. The van der Waals surface area contributed by atoms with E-state index in [1.165, 1.54) is 6.08 Å². The number of nitrogens with one attached hydrogen (secondary N) is 1. The third kappa shape index (κ3) is 9.13. The Morgan fingerprint density at radius 1 is 1.47 bits per heavy atom. The first-order valence-corrected chi connectivity index (χ1v) is 6.82. The third-order valence-corrected chi connectivity index (χ3v) is 2.79. The van der Waals surface area contributed by atoms with Crippen molar-refractivity contribution in [2.75, 3.05) is 25.9 Å². The molecule has 0 aromatic rings. The molecule has 0 saturated carbocycles. The lowest BCUT2D eigenvalue weighted by Gasteiger charge is -2.27. The standard InChI is InChI=1S/C9H17F3N2O2S/c1-4-8(2)14(7-9(10,11)12)6-5-13-17(3,15)16/h4,8,13H,1,5-7H2,2-3H3. The minimum Gasteiger partial charge on any atom is -0.287 e. The van der Waals surface area contributed by atoms with Gasteiger partial charge in [0.15, 0.2) is 0 Å². The van der Waals surface area contributed by atoms with E-state index in [0.29, 0.717) is 0 Å². The van der Waals surface area contributed by atoms with Crippen LogP contribution in [0.3, 0.4) is 0 Å². The Kier molecular flexibility index (Phi) is 6.14. The minimum atomic E-state index is -4.32. The molecule has 0 amide bonds. The van der Waals surface area contributed by atoms with Gasteiger partial charge in [-0.05, 0) is 6.92 Å². The first kappa shape index (κ1) is 16.4. The van der Waals surface area contributed by atoms with E-state index in [-0.39, 0.29) is 13.1 Å². The molecule has 0 saturated heterocycles. The van der Waals surface area contributed by atoms with Crippen molar-refractivity contribution in [2.24, 2.45) is 0 Å². The first-order valence-electron chi connectivity index (χ1n) is 4.93. The summed E-state index contributed by atoms with van der Waals surface area (Å²) in [4.78, 5) is 1.10. The van der Waals surface area contributed by atoms with E-state index in [4.69, 9.17) is 0 Å². The number of sulfonamides is 1. The average molecular weight is 274 g/mol. The Hall–Kier alpha value is -0.600. The SMILES string of the molecule is C=CC(C)N(CCNS(C)(=O)=O)CC(F)(F)F. The molecule has 8 heteroatoms. The summed E-state index contributed by atoms with van der Waals surface area (Å²) in [6, 6.07) is -0.474. The maximum absolute atomic E-state index is 12.2. The molecule has 4 nitrogen and oxygen atoms in total. The average Bonchev–Trinajstić information content (AvgIpc) is 2.11. The summed E-state index contributed by atoms with van der Waals surface area (Å²) >= 11 is 0. The molecule has 0 bridgehead atoms. The lowest BCUT2D eigenvalue weighted by molar-refractivity contribution is -0.148. The van der Waals surface area contributed by atoms with Gasteiger partial charge >= 0.3 is 6.18 Å². The summed E-state index contributed by atoms with van der Waals surface area (Å²) in [5.41, 5.74) is 0. The highest BCUT2D eigenvalue weighted by molar-refractivity contribution is 7.88. The molecule has 1 N–H and O–H groups in total. The molecule has 0 fully saturated rings. The molecule has 0 aliphatic rings. The van der Waals surface area contributed by atoms with Crippen molar-refractivity contribution >= 4 is 10.0 Å². The minimum absolute atomic E-state index is 0.0280.